The lowest BCUT2D eigenvalue weighted by atomic mass is 9.86. The van der Waals surface area contributed by atoms with Crippen LogP contribution in [0.2, 0.25) is 51.4 Å². The molecule has 4 aromatic rings. The Bertz CT molecular complexity index is 1850. The number of piperidine rings is 1. The van der Waals surface area contributed by atoms with Gasteiger partial charge >= 0.3 is 6.09 Å². The topological polar surface area (TPSA) is 94.3 Å². The number of amides is 1. The third-order valence-corrected chi connectivity index (χ3v) is 14.0. The quantitative estimate of drug-likeness (QED) is 0.0711. The monoisotopic (exact) mass is 770 g/mol. The van der Waals surface area contributed by atoms with Crippen LogP contribution in [0.15, 0.2) is 54.9 Å². The van der Waals surface area contributed by atoms with Crippen LogP contribution in [0.3, 0.4) is 0 Å². The number of carbonyl (C=O) groups excluding carboxylic acids is 1. The molecule has 2 fully saturated rings. The summed E-state index contributed by atoms with van der Waals surface area (Å²) in [5.41, 5.74) is 6.28. The van der Waals surface area contributed by atoms with Crippen molar-refractivity contribution in [3.63, 3.8) is 0 Å². The molecule has 0 unspecified atom stereocenters. The molecule has 2 aliphatic rings. The molecule has 2 bridgehead atoms. The summed E-state index contributed by atoms with van der Waals surface area (Å²) in [7, 11) is -2.56. The molecular weight excluding hydrogens is 709 g/mol. The van der Waals surface area contributed by atoms with Crippen LogP contribution in [0, 0.1) is 6.92 Å². The van der Waals surface area contributed by atoms with Gasteiger partial charge in [0.25, 0.3) is 0 Å². The van der Waals surface area contributed by atoms with Crippen LogP contribution in [0.25, 0.3) is 28.0 Å². The smallest absolute Gasteiger partial charge is 0.410 e. The van der Waals surface area contributed by atoms with Crippen LogP contribution in [0.5, 0.6) is 0 Å². The highest BCUT2D eigenvalue weighted by Crippen LogP contribution is 2.45. The fraction of sp³-hybridized carbons (Fsp3) is 0.571. The largest absolute Gasteiger partial charge is 0.444 e. The van der Waals surface area contributed by atoms with E-state index in [1.165, 1.54) is 0 Å². The number of fused-ring (bicyclic) bond motifs is 3. The van der Waals surface area contributed by atoms with Crippen molar-refractivity contribution in [3.05, 3.63) is 66.1 Å². The number of hydrogen-bond donors (Lipinski definition) is 0. The highest BCUT2D eigenvalue weighted by Gasteiger charge is 2.46. The van der Waals surface area contributed by atoms with Gasteiger partial charge in [0, 0.05) is 75.8 Å². The minimum Gasteiger partial charge on any atom is -0.444 e. The van der Waals surface area contributed by atoms with Gasteiger partial charge < -0.3 is 24.0 Å². The van der Waals surface area contributed by atoms with Gasteiger partial charge in [0.2, 0.25) is 0 Å². The average Bonchev–Trinajstić information content (AvgIpc) is 3.63. The Labute approximate surface area is 324 Å². The second kappa shape index (κ2) is 16.3. The molecule has 3 aromatic heterocycles. The standard InChI is InChI=1S/C42H62N6O4Si2/c1-30-38(33-24-34-17-18-35(25-33)47(34)41(49)52-42(2,3)4)45-39-36(32-16-19-37(43-26-32)31-14-12-11-13-15-31)27-44-48(39)40(30)46(28-50-20-22-53(5,6)7)29-51-21-23-54(8,9)10/h11-16,19,26-27,33-35H,17-18,20-25,28-29H2,1-10H3/t33-,34-,35+. The lowest BCUT2D eigenvalue weighted by Crippen LogP contribution is -2.48. The predicted octanol–water partition coefficient (Wildman–Crippen LogP) is 9.84. The summed E-state index contributed by atoms with van der Waals surface area (Å²) >= 11 is 0. The van der Waals surface area contributed by atoms with E-state index in [2.05, 4.69) is 75.4 Å². The number of rotatable bonds is 14. The van der Waals surface area contributed by atoms with Gasteiger partial charge in [-0.25, -0.2) is 9.78 Å². The normalized spacial score (nSPS) is 19.1. The van der Waals surface area contributed by atoms with Crippen LogP contribution in [-0.4, -0.2) is 91.1 Å². The highest BCUT2D eigenvalue weighted by atomic mass is 28.3. The Hall–Kier alpha value is -3.59. The van der Waals surface area contributed by atoms with Crippen LogP contribution < -0.4 is 4.90 Å². The summed E-state index contributed by atoms with van der Waals surface area (Å²) in [6, 6.07) is 16.8. The number of anilines is 1. The maximum atomic E-state index is 13.4. The van der Waals surface area contributed by atoms with E-state index in [0.29, 0.717) is 26.7 Å². The van der Waals surface area contributed by atoms with Gasteiger partial charge in [0.05, 0.1) is 17.6 Å². The molecule has 2 saturated heterocycles. The van der Waals surface area contributed by atoms with Gasteiger partial charge in [-0.05, 0) is 71.5 Å². The maximum absolute atomic E-state index is 13.4. The van der Waals surface area contributed by atoms with Crippen molar-refractivity contribution in [2.75, 3.05) is 31.6 Å². The molecule has 6 rings (SSSR count). The predicted molar refractivity (Wildman–Crippen MR) is 224 cm³/mol. The zero-order valence-corrected chi connectivity index (χ0v) is 36.3. The number of benzene rings is 1. The van der Waals surface area contributed by atoms with Crippen LogP contribution >= 0.6 is 0 Å². The zero-order valence-electron chi connectivity index (χ0n) is 34.3. The van der Waals surface area contributed by atoms with Crippen molar-refractivity contribution in [3.8, 4) is 22.4 Å². The van der Waals surface area contributed by atoms with Gasteiger partial charge in [-0.2, -0.15) is 9.61 Å². The molecule has 0 saturated carbocycles. The van der Waals surface area contributed by atoms with Gasteiger partial charge in [-0.1, -0.05) is 75.7 Å². The molecule has 1 aromatic carbocycles. The molecule has 10 nitrogen and oxygen atoms in total. The summed E-state index contributed by atoms with van der Waals surface area (Å²) in [4.78, 5) is 28.0. The Morgan fingerprint density at radius 2 is 1.46 bits per heavy atom. The van der Waals surface area contributed by atoms with E-state index in [0.717, 1.165) is 82.9 Å². The number of nitrogens with zero attached hydrogens (tertiary/aromatic N) is 6. The number of pyridine rings is 1. The minimum atomic E-state index is -1.28. The fourth-order valence-electron chi connectivity index (χ4n) is 7.66. The number of carbonyl (C=O) groups is 1. The molecule has 54 heavy (non-hydrogen) atoms. The first-order valence-corrected chi connectivity index (χ1v) is 27.2. The molecule has 0 spiro atoms. The van der Waals surface area contributed by atoms with Crippen molar-refractivity contribution in [1.29, 1.82) is 0 Å². The Morgan fingerprint density at radius 1 is 0.852 bits per heavy atom. The number of hydrogen-bond acceptors (Lipinski definition) is 8. The van der Waals surface area contributed by atoms with E-state index in [1.54, 1.807) is 0 Å². The van der Waals surface area contributed by atoms with E-state index >= 15 is 0 Å². The van der Waals surface area contributed by atoms with E-state index in [1.807, 2.05) is 60.8 Å². The van der Waals surface area contributed by atoms with Crippen LogP contribution in [0.1, 0.15) is 63.6 Å². The third-order valence-electron chi connectivity index (χ3n) is 10.5. The van der Waals surface area contributed by atoms with Crippen molar-refractivity contribution < 1.29 is 19.0 Å². The molecule has 12 heteroatoms. The first kappa shape index (κ1) is 40.1. The first-order chi connectivity index (χ1) is 25.5. The van der Waals surface area contributed by atoms with E-state index < -0.39 is 21.7 Å². The second-order valence-electron chi connectivity index (χ2n) is 18.7. The summed E-state index contributed by atoms with van der Waals surface area (Å²) in [5, 5.41) is 5.01. The summed E-state index contributed by atoms with van der Waals surface area (Å²) in [6.07, 6.45) is 7.29. The van der Waals surface area contributed by atoms with E-state index in [-0.39, 0.29) is 24.1 Å². The molecule has 5 heterocycles. The Balaban J connectivity index is 1.40. The Morgan fingerprint density at radius 3 is 2.00 bits per heavy atom. The average molecular weight is 771 g/mol. The van der Waals surface area contributed by atoms with Gasteiger partial charge in [-0.3, -0.25) is 4.98 Å². The van der Waals surface area contributed by atoms with Crippen LogP contribution in [0.4, 0.5) is 10.6 Å². The third kappa shape index (κ3) is 9.79. The van der Waals surface area contributed by atoms with Gasteiger partial charge in [-0.15, -0.1) is 0 Å². The summed E-state index contributed by atoms with van der Waals surface area (Å²) in [5.74, 6) is 1.12. The molecule has 2 aliphatic heterocycles. The lowest BCUT2D eigenvalue weighted by Gasteiger charge is -2.40. The summed E-state index contributed by atoms with van der Waals surface area (Å²) < 4.78 is 20.7. The van der Waals surface area contributed by atoms with Crippen molar-refractivity contribution in [2.24, 2.45) is 0 Å². The van der Waals surface area contributed by atoms with E-state index in [4.69, 9.17) is 29.3 Å². The molecular formula is C42H62N6O4Si2. The van der Waals surface area contributed by atoms with Crippen LogP contribution in [-0.2, 0) is 14.2 Å². The van der Waals surface area contributed by atoms with Gasteiger partial charge in [0.15, 0.2) is 5.65 Å². The zero-order chi connectivity index (χ0) is 38.8. The minimum absolute atomic E-state index is 0.120. The molecule has 0 aliphatic carbocycles. The maximum Gasteiger partial charge on any atom is 0.410 e. The SMILES string of the molecule is Cc1c([C@@H]2C[C@H]3CC[C@@H](C2)N3C(=O)OC(C)(C)C)nc2c(-c3ccc(-c4ccccc4)nc3)cnn2c1N(COCC[Si](C)(C)C)COCC[Si](C)(C)C. The van der Waals surface area contributed by atoms with E-state index in [9.17, 15) is 4.79 Å². The van der Waals surface area contributed by atoms with Crippen molar-refractivity contribution in [1.82, 2.24) is 24.5 Å². The lowest BCUT2D eigenvalue weighted by molar-refractivity contribution is 0.00567. The van der Waals surface area contributed by atoms with Crippen molar-refractivity contribution >= 4 is 33.7 Å². The molecule has 3 atom stereocenters. The Kier molecular flexibility index (Phi) is 12.1. The number of ether oxygens (including phenoxy) is 3. The fourth-order valence-corrected chi connectivity index (χ4v) is 9.17. The highest BCUT2D eigenvalue weighted by molar-refractivity contribution is 6.76. The van der Waals surface area contributed by atoms with Gasteiger partial charge in [0.1, 0.15) is 24.9 Å². The molecule has 0 N–H and O–H groups in total. The molecule has 292 valence electrons. The van der Waals surface area contributed by atoms with Crippen molar-refractivity contribution in [2.45, 2.75) is 128 Å². The second-order valence-corrected chi connectivity index (χ2v) is 30.0. The first-order valence-electron chi connectivity index (χ1n) is 19.8. The summed E-state index contributed by atoms with van der Waals surface area (Å²) in [6.45, 7) is 24.5. The molecule has 0 radical (unpaired) electrons. The number of aromatic nitrogens is 4. The molecule has 1 amide bonds.